The summed E-state index contributed by atoms with van der Waals surface area (Å²) < 4.78 is 38.8. The second-order valence-corrected chi connectivity index (χ2v) is 8.74. The molecule has 0 aliphatic carbocycles. The van der Waals surface area contributed by atoms with Gasteiger partial charge in [0.05, 0.1) is 22.8 Å². The Balaban J connectivity index is 1.69. The molecule has 0 unspecified atom stereocenters. The van der Waals surface area contributed by atoms with Crippen molar-refractivity contribution in [3.8, 4) is 5.75 Å². The van der Waals surface area contributed by atoms with E-state index in [0.29, 0.717) is 39.4 Å². The van der Waals surface area contributed by atoms with E-state index in [1.807, 2.05) is 0 Å². The third-order valence-corrected chi connectivity index (χ3v) is 6.34. The summed E-state index contributed by atoms with van der Waals surface area (Å²) in [6.07, 6.45) is 0. The molecule has 0 bridgehead atoms. The van der Waals surface area contributed by atoms with Crippen LogP contribution in [0.2, 0.25) is 5.02 Å². The van der Waals surface area contributed by atoms with E-state index in [1.54, 1.807) is 32.0 Å². The topological polar surface area (TPSA) is 115 Å². The van der Waals surface area contributed by atoms with Gasteiger partial charge in [0, 0.05) is 11.9 Å². The van der Waals surface area contributed by atoms with Crippen molar-refractivity contribution < 1.29 is 22.5 Å². The number of carbonyl (C=O) groups excluding carboxylic acids is 1. The highest BCUT2D eigenvalue weighted by atomic mass is 35.5. The van der Waals surface area contributed by atoms with Crippen LogP contribution in [-0.4, -0.2) is 31.1 Å². The zero-order chi connectivity index (χ0) is 21.5. The van der Waals surface area contributed by atoms with E-state index in [4.69, 9.17) is 20.9 Å². The van der Waals surface area contributed by atoms with Crippen molar-refractivity contribution >= 4 is 38.9 Å². The maximum Gasteiger partial charge on any atom is 0.265 e. The maximum atomic E-state index is 13.0. The molecular formula is C19H17ClN4O5S. The molecule has 0 fully saturated rings. The first-order valence-corrected chi connectivity index (χ1v) is 10.7. The minimum Gasteiger partial charge on any atom is -0.482 e. The molecule has 11 heteroatoms. The minimum atomic E-state index is -3.95. The van der Waals surface area contributed by atoms with Gasteiger partial charge in [0.15, 0.2) is 12.4 Å². The summed E-state index contributed by atoms with van der Waals surface area (Å²) in [6, 6.07) is 9.24. The lowest BCUT2D eigenvalue weighted by atomic mass is 10.2. The van der Waals surface area contributed by atoms with E-state index in [9.17, 15) is 13.2 Å². The molecule has 0 saturated heterocycles. The third-order valence-electron chi connectivity index (χ3n) is 4.56. The Morgan fingerprint density at radius 3 is 2.77 bits per heavy atom. The van der Waals surface area contributed by atoms with Gasteiger partial charge in [-0.2, -0.15) is 4.98 Å². The van der Waals surface area contributed by atoms with Gasteiger partial charge in [0.1, 0.15) is 5.75 Å². The van der Waals surface area contributed by atoms with Gasteiger partial charge in [0.2, 0.25) is 5.89 Å². The van der Waals surface area contributed by atoms with E-state index in [-0.39, 0.29) is 24.0 Å². The minimum absolute atomic E-state index is 0.0247. The zero-order valence-electron chi connectivity index (χ0n) is 16.0. The summed E-state index contributed by atoms with van der Waals surface area (Å²) in [5.74, 6) is 0.698. The molecule has 0 radical (unpaired) electrons. The number of anilines is 2. The SMILES string of the molecule is Cc1nc(CN2C(=O)COc3ccc(S(=O)(=O)Nc4cccc(Cl)c4C)cc32)no1. The number of aryl methyl sites for hydroxylation is 1. The number of hydrogen-bond acceptors (Lipinski definition) is 7. The number of fused-ring (bicyclic) bond motifs is 1. The average molecular weight is 449 g/mol. The number of halogens is 1. The summed E-state index contributed by atoms with van der Waals surface area (Å²) in [7, 11) is -3.95. The highest BCUT2D eigenvalue weighted by Gasteiger charge is 2.29. The first-order chi connectivity index (χ1) is 14.2. The molecule has 1 N–H and O–H groups in total. The summed E-state index contributed by atoms with van der Waals surface area (Å²) in [6.45, 7) is 3.21. The molecule has 3 aromatic rings. The van der Waals surface area contributed by atoms with Gasteiger partial charge in [0.25, 0.3) is 15.9 Å². The normalized spacial score (nSPS) is 13.7. The zero-order valence-corrected chi connectivity index (χ0v) is 17.6. The van der Waals surface area contributed by atoms with Gasteiger partial charge in [-0.05, 0) is 42.8 Å². The Kier molecular flexibility index (Phi) is 5.12. The summed E-state index contributed by atoms with van der Waals surface area (Å²) in [4.78, 5) is 17.9. The fourth-order valence-corrected chi connectivity index (χ4v) is 4.31. The summed E-state index contributed by atoms with van der Waals surface area (Å²) in [5, 5.41) is 4.24. The van der Waals surface area contributed by atoms with Gasteiger partial charge >= 0.3 is 0 Å². The molecule has 2 heterocycles. The molecule has 1 aliphatic heterocycles. The van der Waals surface area contributed by atoms with Crippen molar-refractivity contribution in [2.24, 2.45) is 0 Å². The van der Waals surface area contributed by atoms with Crippen LogP contribution in [0.4, 0.5) is 11.4 Å². The van der Waals surface area contributed by atoms with Crippen LogP contribution in [0.5, 0.6) is 5.75 Å². The molecule has 1 aliphatic rings. The van der Waals surface area contributed by atoms with Crippen LogP contribution in [0.1, 0.15) is 17.3 Å². The number of benzene rings is 2. The summed E-state index contributed by atoms with van der Waals surface area (Å²) in [5.41, 5.74) is 1.28. The molecule has 0 atom stereocenters. The molecule has 156 valence electrons. The van der Waals surface area contributed by atoms with Crippen LogP contribution in [0.25, 0.3) is 0 Å². The van der Waals surface area contributed by atoms with Crippen LogP contribution >= 0.6 is 11.6 Å². The number of sulfonamides is 1. The van der Waals surface area contributed by atoms with Crippen LogP contribution in [0, 0.1) is 13.8 Å². The fourth-order valence-electron chi connectivity index (χ4n) is 2.99. The van der Waals surface area contributed by atoms with Gasteiger partial charge < -0.3 is 9.26 Å². The Hall–Kier alpha value is -3.11. The standard InChI is InChI=1S/C19H17ClN4O5S/c1-11-14(20)4-3-5-15(11)23-30(26,27)13-6-7-17-16(8-13)24(19(25)10-28-17)9-18-21-12(2)29-22-18/h3-8,23H,9-10H2,1-2H3. The largest absolute Gasteiger partial charge is 0.482 e. The Morgan fingerprint density at radius 1 is 1.23 bits per heavy atom. The molecular weight excluding hydrogens is 432 g/mol. The summed E-state index contributed by atoms with van der Waals surface area (Å²) >= 11 is 6.08. The first kappa shape index (κ1) is 20.2. The number of nitrogens with one attached hydrogen (secondary N) is 1. The number of ether oxygens (including phenoxy) is 1. The maximum absolute atomic E-state index is 13.0. The van der Waals surface area contributed by atoms with E-state index < -0.39 is 10.0 Å². The van der Waals surface area contributed by atoms with Crippen LogP contribution in [-0.2, 0) is 21.4 Å². The van der Waals surface area contributed by atoms with Crippen LogP contribution in [0.15, 0.2) is 45.8 Å². The Morgan fingerprint density at radius 2 is 2.03 bits per heavy atom. The van der Waals surface area contributed by atoms with E-state index in [0.717, 1.165) is 0 Å². The average Bonchev–Trinajstić information content (AvgIpc) is 3.12. The van der Waals surface area contributed by atoms with E-state index in [1.165, 1.54) is 23.1 Å². The molecule has 2 aromatic carbocycles. The predicted molar refractivity (Wildman–Crippen MR) is 109 cm³/mol. The van der Waals surface area contributed by atoms with Crippen LogP contribution in [0.3, 0.4) is 0 Å². The second-order valence-electron chi connectivity index (χ2n) is 6.65. The van der Waals surface area contributed by atoms with Crippen molar-refractivity contribution in [2.45, 2.75) is 25.3 Å². The molecule has 4 rings (SSSR count). The van der Waals surface area contributed by atoms with Crippen molar-refractivity contribution in [3.63, 3.8) is 0 Å². The van der Waals surface area contributed by atoms with Crippen molar-refractivity contribution in [1.82, 2.24) is 10.1 Å². The van der Waals surface area contributed by atoms with Gasteiger partial charge in [-0.25, -0.2) is 8.42 Å². The molecule has 0 spiro atoms. The Bertz CT molecular complexity index is 1240. The first-order valence-electron chi connectivity index (χ1n) is 8.89. The molecule has 1 aromatic heterocycles. The number of hydrogen-bond donors (Lipinski definition) is 1. The molecule has 30 heavy (non-hydrogen) atoms. The molecule has 0 saturated carbocycles. The van der Waals surface area contributed by atoms with Crippen molar-refractivity contribution in [2.75, 3.05) is 16.2 Å². The number of rotatable bonds is 5. The number of nitrogens with zero attached hydrogens (tertiary/aromatic N) is 3. The van der Waals surface area contributed by atoms with Gasteiger partial charge in [-0.3, -0.25) is 14.4 Å². The molecule has 1 amide bonds. The number of amides is 1. The highest BCUT2D eigenvalue weighted by Crippen LogP contribution is 2.35. The number of carbonyl (C=O) groups is 1. The van der Waals surface area contributed by atoms with Crippen molar-refractivity contribution in [3.05, 3.63) is 58.7 Å². The van der Waals surface area contributed by atoms with E-state index >= 15 is 0 Å². The third kappa shape index (κ3) is 3.83. The number of aromatic nitrogens is 2. The van der Waals surface area contributed by atoms with Crippen LogP contribution < -0.4 is 14.4 Å². The lowest BCUT2D eigenvalue weighted by Gasteiger charge is -2.28. The highest BCUT2D eigenvalue weighted by molar-refractivity contribution is 7.92. The van der Waals surface area contributed by atoms with E-state index in [2.05, 4.69) is 14.9 Å². The fraction of sp³-hybridized carbons (Fsp3) is 0.211. The second kappa shape index (κ2) is 7.62. The predicted octanol–water partition coefficient (Wildman–Crippen LogP) is 3.07. The Labute approximate surface area is 177 Å². The quantitative estimate of drug-likeness (QED) is 0.637. The lowest BCUT2D eigenvalue weighted by molar-refractivity contribution is -0.121. The van der Waals surface area contributed by atoms with Gasteiger partial charge in [-0.15, -0.1) is 0 Å². The lowest BCUT2D eigenvalue weighted by Crippen LogP contribution is -2.38. The monoisotopic (exact) mass is 448 g/mol. The smallest absolute Gasteiger partial charge is 0.265 e. The van der Waals surface area contributed by atoms with Crippen molar-refractivity contribution in [1.29, 1.82) is 0 Å². The van der Waals surface area contributed by atoms with Gasteiger partial charge in [-0.1, -0.05) is 22.8 Å². The molecule has 9 nitrogen and oxygen atoms in total.